The summed E-state index contributed by atoms with van der Waals surface area (Å²) in [4.78, 5) is 13.6. The SMILES string of the molecule is C[Si](C)(C)O[Si](C)(CCCCCCN=C=O)O[Si](C)(C)C. The number of hydrogen-bond acceptors (Lipinski definition) is 4. The van der Waals surface area contributed by atoms with Gasteiger partial charge in [-0.25, -0.2) is 9.79 Å². The van der Waals surface area contributed by atoms with Crippen molar-refractivity contribution < 1.29 is 13.0 Å². The third kappa shape index (κ3) is 13.3. The number of nitrogens with zero attached hydrogens (tertiary/aromatic N) is 1. The van der Waals surface area contributed by atoms with Crippen LogP contribution in [0.5, 0.6) is 0 Å². The van der Waals surface area contributed by atoms with Crippen molar-refractivity contribution >= 4 is 31.3 Å². The van der Waals surface area contributed by atoms with E-state index in [1.807, 2.05) is 0 Å². The molecule has 0 heterocycles. The molecule has 0 rings (SSSR count). The minimum atomic E-state index is -2.06. The summed E-state index contributed by atoms with van der Waals surface area (Å²) in [5.74, 6) is 0. The van der Waals surface area contributed by atoms with Crippen LogP contribution in [0.1, 0.15) is 25.7 Å². The van der Waals surface area contributed by atoms with Gasteiger partial charge < -0.3 is 8.23 Å². The van der Waals surface area contributed by atoms with Crippen LogP contribution in [0.15, 0.2) is 4.99 Å². The zero-order chi connectivity index (χ0) is 16.6. The van der Waals surface area contributed by atoms with Crippen LogP contribution in [0, 0.1) is 0 Å². The molecule has 4 nitrogen and oxygen atoms in total. The monoisotopic (exact) mass is 347 g/mol. The molecule has 0 amide bonds. The van der Waals surface area contributed by atoms with E-state index in [4.69, 9.17) is 8.23 Å². The molecule has 7 heteroatoms. The van der Waals surface area contributed by atoms with Gasteiger partial charge in [0.15, 0.2) is 16.6 Å². The molecule has 0 aromatic rings. The van der Waals surface area contributed by atoms with E-state index in [1.165, 1.54) is 0 Å². The molecular formula is C14H33NO3Si3. The van der Waals surface area contributed by atoms with Gasteiger partial charge >= 0.3 is 8.56 Å². The van der Waals surface area contributed by atoms with E-state index < -0.39 is 25.2 Å². The second-order valence-corrected chi connectivity index (χ2v) is 20.6. The van der Waals surface area contributed by atoms with Crippen LogP contribution < -0.4 is 0 Å². The second kappa shape index (κ2) is 9.17. The summed E-state index contributed by atoms with van der Waals surface area (Å²) in [5.41, 5.74) is 0. The molecule has 0 unspecified atom stereocenters. The van der Waals surface area contributed by atoms with Crippen molar-refractivity contribution in [3.8, 4) is 0 Å². The Labute approximate surface area is 133 Å². The number of isocyanates is 1. The van der Waals surface area contributed by atoms with Crippen LogP contribution in [0.4, 0.5) is 0 Å². The molecule has 0 fully saturated rings. The fourth-order valence-corrected chi connectivity index (χ4v) is 15.1. The summed E-state index contributed by atoms with van der Waals surface area (Å²) in [6.45, 7) is 16.3. The fraction of sp³-hybridized carbons (Fsp3) is 0.929. The highest BCUT2D eigenvalue weighted by Crippen LogP contribution is 2.26. The molecular weight excluding hydrogens is 314 g/mol. The lowest BCUT2D eigenvalue weighted by molar-refractivity contribution is 0.380. The van der Waals surface area contributed by atoms with E-state index in [1.54, 1.807) is 6.08 Å². The third-order valence-corrected chi connectivity index (χ3v) is 12.4. The van der Waals surface area contributed by atoms with Crippen molar-refractivity contribution in [3.05, 3.63) is 0 Å². The largest absolute Gasteiger partial charge is 0.437 e. The van der Waals surface area contributed by atoms with Crippen molar-refractivity contribution in [3.63, 3.8) is 0 Å². The Morgan fingerprint density at radius 1 is 0.810 bits per heavy atom. The van der Waals surface area contributed by atoms with Crippen LogP contribution in [-0.2, 0) is 13.0 Å². The van der Waals surface area contributed by atoms with Gasteiger partial charge in [-0.3, -0.25) is 0 Å². The third-order valence-electron chi connectivity index (χ3n) is 2.76. The van der Waals surface area contributed by atoms with Crippen LogP contribution in [0.25, 0.3) is 0 Å². The minimum absolute atomic E-state index is 0.606. The average molecular weight is 348 g/mol. The first kappa shape index (κ1) is 21.0. The molecule has 124 valence electrons. The summed E-state index contributed by atoms with van der Waals surface area (Å²) in [6.07, 6.45) is 5.96. The fourth-order valence-electron chi connectivity index (χ4n) is 2.45. The van der Waals surface area contributed by atoms with Crippen LogP contribution >= 0.6 is 0 Å². The Balaban J connectivity index is 4.32. The normalized spacial score (nSPS) is 13.1. The maximum atomic E-state index is 9.98. The molecule has 0 radical (unpaired) electrons. The van der Waals surface area contributed by atoms with Crippen molar-refractivity contribution in [2.45, 2.75) is 77.6 Å². The Morgan fingerprint density at radius 3 is 1.71 bits per heavy atom. The highest BCUT2D eigenvalue weighted by Gasteiger charge is 2.39. The summed E-state index contributed by atoms with van der Waals surface area (Å²) >= 11 is 0. The number of rotatable bonds is 11. The molecule has 0 aromatic carbocycles. The lowest BCUT2D eigenvalue weighted by atomic mass is 10.2. The number of aliphatic imine (C=N–C) groups is 1. The zero-order valence-corrected chi connectivity index (χ0v) is 17.9. The van der Waals surface area contributed by atoms with E-state index in [0.29, 0.717) is 6.54 Å². The van der Waals surface area contributed by atoms with Crippen LogP contribution in [0.2, 0.25) is 51.9 Å². The van der Waals surface area contributed by atoms with E-state index >= 15 is 0 Å². The van der Waals surface area contributed by atoms with E-state index in [-0.39, 0.29) is 0 Å². The van der Waals surface area contributed by atoms with Gasteiger partial charge in [0.1, 0.15) is 0 Å². The molecule has 0 aliphatic carbocycles. The summed E-state index contributed by atoms with van der Waals surface area (Å²) in [7, 11) is -5.21. The summed E-state index contributed by atoms with van der Waals surface area (Å²) < 4.78 is 12.9. The Kier molecular flexibility index (Phi) is 9.15. The maximum Gasteiger partial charge on any atom is 0.314 e. The summed E-state index contributed by atoms with van der Waals surface area (Å²) in [6, 6.07) is 1.07. The van der Waals surface area contributed by atoms with Crippen LogP contribution in [-0.4, -0.2) is 37.8 Å². The predicted octanol–water partition coefficient (Wildman–Crippen LogP) is 4.66. The minimum Gasteiger partial charge on any atom is -0.437 e. The predicted molar refractivity (Wildman–Crippen MR) is 96.7 cm³/mol. The quantitative estimate of drug-likeness (QED) is 0.236. The molecule has 0 atom stereocenters. The zero-order valence-electron chi connectivity index (χ0n) is 14.9. The molecule has 0 saturated carbocycles. The van der Waals surface area contributed by atoms with Crippen LogP contribution in [0.3, 0.4) is 0 Å². The topological polar surface area (TPSA) is 47.9 Å². The van der Waals surface area contributed by atoms with Gasteiger partial charge in [-0.15, -0.1) is 0 Å². The molecule has 0 aliphatic rings. The van der Waals surface area contributed by atoms with Gasteiger partial charge in [0.2, 0.25) is 6.08 Å². The number of carbonyl (C=O) groups excluding carboxylic acids is 1. The van der Waals surface area contributed by atoms with Gasteiger partial charge in [-0.1, -0.05) is 19.3 Å². The first-order valence-corrected chi connectivity index (χ1v) is 17.3. The van der Waals surface area contributed by atoms with Gasteiger partial charge in [0, 0.05) is 0 Å². The molecule has 0 saturated heterocycles. The Morgan fingerprint density at radius 2 is 1.29 bits per heavy atom. The Hall–Kier alpha value is -0.0494. The van der Waals surface area contributed by atoms with Gasteiger partial charge in [0.05, 0.1) is 6.54 Å². The molecule has 0 bridgehead atoms. The van der Waals surface area contributed by atoms with Gasteiger partial charge in [-0.05, 0) is 58.3 Å². The second-order valence-electron chi connectivity index (χ2n) is 7.70. The maximum absolute atomic E-state index is 9.98. The lowest BCUT2D eigenvalue weighted by Crippen LogP contribution is -2.52. The first-order valence-electron chi connectivity index (χ1n) is 7.91. The number of hydrogen-bond donors (Lipinski definition) is 0. The van der Waals surface area contributed by atoms with E-state index in [9.17, 15) is 4.79 Å². The molecule has 0 aliphatic heterocycles. The van der Waals surface area contributed by atoms with Crippen molar-refractivity contribution in [1.29, 1.82) is 0 Å². The number of unbranched alkanes of at least 4 members (excludes halogenated alkanes) is 3. The van der Waals surface area contributed by atoms with Crippen molar-refractivity contribution in [2.75, 3.05) is 6.54 Å². The van der Waals surface area contributed by atoms with Gasteiger partial charge in [-0.2, -0.15) is 0 Å². The van der Waals surface area contributed by atoms with Crippen molar-refractivity contribution in [1.82, 2.24) is 0 Å². The molecule has 0 N–H and O–H groups in total. The molecule has 0 spiro atoms. The summed E-state index contributed by atoms with van der Waals surface area (Å²) in [5, 5.41) is 0. The Bertz CT molecular complexity index is 328. The highest BCUT2D eigenvalue weighted by molar-refractivity contribution is 6.87. The van der Waals surface area contributed by atoms with Gasteiger partial charge in [0.25, 0.3) is 0 Å². The standard InChI is InChI=1S/C14H33NO3Si3/c1-19(2,3)17-21(7,18-20(4,5)6)13-11-9-8-10-12-15-14-16/h8-13H2,1-7H3. The smallest absolute Gasteiger partial charge is 0.314 e. The highest BCUT2D eigenvalue weighted by atomic mass is 28.5. The van der Waals surface area contributed by atoms with Crippen molar-refractivity contribution in [2.24, 2.45) is 4.99 Å². The average Bonchev–Trinajstić information content (AvgIpc) is 2.22. The first-order chi connectivity index (χ1) is 9.47. The van der Waals surface area contributed by atoms with E-state index in [0.717, 1.165) is 31.7 Å². The van der Waals surface area contributed by atoms with E-state index in [2.05, 4.69) is 50.8 Å². The molecule has 0 aromatic heterocycles. The lowest BCUT2D eigenvalue weighted by Gasteiger charge is -2.38. The molecule has 21 heavy (non-hydrogen) atoms.